The first-order valence-corrected chi connectivity index (χ1v) is 7.74. The van der Waals surface area contributed by atoms with E-state index in [2.05, 4.69) is 64.0 Å². The van der Waals surface area contributed by atoms with Crippen LogP contribution in [0.1, 0.15) is 18.4 Å². The Kier molecular flexibility index (Phi) is 4.94. The van der Waals surface area contributed by atoms with Crippen molar-refractivity contribution < 1.29 is 0 Å². The molecule has 4 heteroatoms. The molecule has 16 heavy (non-hydrogen) atoms. The molecule has 1 aromatic rings. The van der Waals surface area contributed by atoms with Crippen LogP contribution in [-0.4, -0.2) is 17.0 Å². The molecular weight excluding hydrogens is 331 g/mol. The molecule has 0 aromatic heterocycles. The van der Waals surface area contributed by atoms with Crippen molar-refractivity contribution in [1.29, 1.82) is 0 Å². The van der Waals surface area contributed by atoms with Crippen molar-refractivity contribution >= 4 is 34.4 Å². The van der Waals surface area contributed by atoms with Crippen LogP contribution in [0.3, 0.4) is 0 Å². The van der Waals surface area contributed by atoms with Crippen molar-refractivity contribution in [1.82, 2.24) is 5.43 Å². The fourth-order valence-electron chi connectivity index (χ4n) is 2.09. The van der Waals surface area contributed by atoms with Crippen LogP contribution in [0.5, 0.6) is 0 Å². The van der Waals surface area contributed by atoms with Crippen LogP contribution >= 0.6 is 34.4 Å². The van der Waals surface area contributed by atoms with Gasteiger partial charge in [-0.3, -0.25) is 11.3 Å². The van der Waals surface area contributed by atoms with Gasteiger partial charge in [-0.05, 0) is 65.3 Å². The first kappa shape index (κ1) is 12.7. The van der Waals surface area contributed by atoms with Gasteiger partial charge in [-0.1, -0.05) is 12.1 Å². The van der Waals surface area contributed by atoms with E-state index in [1.807, 2.05) is 0 Å². The molecule has 2 nitrogen and oxygen atoms in total. The third-order valence-corrected chi connectivity index (χ3v) is 5.23. The van der Waals surface area contributed by atoms with Crippen LogP contribution in [0.4, 0.5) is 0 Å². The molecular formula is C12H17IN2S. The zero-order valence-electron chi connectivity index (χ0n) is 9.16. The Labute approximate surface area is 115 Å². The van der Waals surface area contributed by atoms with Crippen LogP contribution in [0, 0.1) is 3.57 Å². The second-order valence-electron chi connectivity index (χ2n) is 4.16. The van der Waals surface area contributed by atoms with E-state index >= 15 is 0 Å². The highest BCUT2D eigenvalue weighted by atomic mass is 127. The molecule has 1 aliphatic heterocycles. The largest absolute Gasteiger partial charge is 0.271 e. The summed E-state index contributed by atoms with van der Waals surface area (Å²) in [4.78, 5) is 0. The summed E-state index contributed by atoms with van der Waals surface area (Å²) in [6.45, 7) is 0. The van der Waals surface area contributed by atoms with Crippen molar-refractivity contribution in [3.63, 3.8) is 0 Å². The van der Waals surface area contributed by atoms with Crippen LogP contribution < -0.4 is 11.3 Å². The van der Waals surface area contributed by atoms with Crippen LogP contribution in [0.2, 0.25) is 0 Å². The van der Waals surface area contributed by atoms with Gasteiger partial charge >= 0.3 is 0 Å². The maximum atomic E-state index is 5.67. The predicted octanol–water partition coefficient (Wildman–Crippen LogP) is 2.56. The summed E-state index contributed by atoms with van der Waals surface area (Å²) in [5, 5.41) is 0.685. The van der Waals surface area contributed by atoms with Crippen molar-refractivity contribution in [2.24, 2.45) is 5.84 Å². The highest BCUT2D eigenvalue weighted by Crippen LogP contribution is 2.29. The Hall–Kier alpha value is 0.220. The smallest absolute Gasteiger partial charge is 0.0369 e. The number of thioether (sulfide) groups is 1. The second kappa shape index (κ2) is 6.23. The van der Waals surface area contributed by atoms with Crippen molar-refractivity contribution in [3.05, 3.63) is 33.4 Å². The van der Waals surface area contributed by atoms with Gasteiger partial charge in [-0.25, -0.2) is 0 Å². The van der Waals surface area contributed by atoms with Gasteiger partial charge in [0.05, 0.1) is 0 Å². The number of rotatable bonds is 4. The number of hydrazine groups is 1. The van der Waals surface area contributed by atoms with Gasteiger partial charge in [-0.2, -0.15) is 11.8 Å². The van der Waals surface area contributed by atoms with Gasteiger partial charge in [-0.15, -0.1) is 0 Å². The fourth-order valence-corrected chi connectivity index (χ4v) is 3.83. The second-order valence-corrected chi connectivity index (χ2v) is 6.75. The first-order valence-electron chi connectivity index (χ1n) is 5.62. The van der Waals surface area contributed by atoms with Gasteiger partial charge < -0.3 is 0 Å². The number of nitrogens with one attached hydrogen (secondary N) is 1. The minimum absolute atomic E-state index is 0.410. The molecule has 88 valence electrons. The molecule has 2 atom stereocenters. The Balaban J connectivity index is 1.97. The molecule has 1 heterocycles. The minimum atomic E-state index is 0.410. The molecule has 0 aliphatic carbocycles. The maximum Gasteiger partial charge on any atom is 0.0369 e. The summed E-state index contributed by atoms with van der Waals surface area (Å²) in [5.41, 5.74) is 4.36. The quantitative estimate of drug-likeness (QED) is 0.499. The lowest BCUT2D eigenvalue weighted by Crippen LogP contribution is -2.43. The Bertz CT molecular complexity index is 322. The molecule has 1 aromatic carbocycles. The molecule has 1 fully saturated rings. The van der Waals surface area contributed by atoms with E-state index in [0.717, 1.165) is 6.42 Å². The van der Waals surface area contributed by atoms with E-state index in [4.69, 9.17) is 5.84 Å². The standard InChI is InChI=1S/C12H17IN2S/c13-10-5-3-9(4-6-10)8-11(15-14)12-2-1-7-16-12/h3-6,11-12,15H,1-2,7-8,14H2. The van der Waals surface area contributed by atoms with Gasteiger partial charge in [0.25, 0.3) is 0 Å². The highest BCUT2D eigenvalue weighted by Gasteiger charge is 2.24. The van der Waals surface area contributed by atoms with Crippen molar-refractivity contribution in [2.75, 3.05) is 5.75 Å². The summed E-state index contributed by atoms with van der Waals surface area (Å²) >= 11 is 4.39. The lowest BCUT2D eigenvalue weighted by molar-refractivity contribution is 0.496. The molecule has 2 rings (SSSR count). The number of halogens is 1. The first-order chi connectivity index (χ1) is 7.79. The third kappa shape index (κ3) is 3.35. The van der Waals surface area contributed by atoms with Gasteiger partial charge in [0.2, 0.25) is 0 Å². The lowest BCUT2D eigenvalue weighted by atomic mass is 10.0. The molecule has 2 unspecified atom stereocenters. The highest BCUT2D eigenvalue weighted by molar-refractivity contribution is 14.1. The van der Waals surface area contributed by atoms with E-state index in [9.17, 15) is 0 Å². The number of hydrogen-bond donors (Lipinski definition) is 2. The monoisotopic (exact) mass is 348 g/mol. The number of hydrogen-bond acceptors (Lipinski definition) is 3. The third-order valence-electron chi connectivity index (χ3n) is 3.00. The van der Waals surface area contributed by atoms with Crippen LogP contribution in [-0.2, 0) is 6.42 Å². The minimum Gasteiger partial charge on any atom is -0.271 e. The number of nitrogens with two attached hydrogens (primary N) is 1. The van der Waals surface area contributed by atoms with Gasteiger partial charge in [0.15, 0.2) is 0 Å². The zero-order valence-corrected chi connectivity index (χ0v) is 12.1. The summed E-state index contributed by atoms with van der Waals surface area (Å²) in [7, 11) is 0. The van der Waals surface area contributed by atoms with Crippen LogP contribution in [0.15, 0.2) is 24.3 Å². The van der Waals surface area contributed by atoms with E-state index in [-0.39, 0.29) is 0 Å². The summed E-state index contributed by atoms with van der Waals surface area (Å²) < 4.78 is 1.29. The Morgan fingerprint density at radius 2 is 2.19 bits per heavy atom. The average molecular weight is 348 g/mol. The summed E-state index contributed by atoms with van der Waals surface area (Å²) in [6, 6.07) is 9.13. The van der Waals surface area contributed by atoms with E-state index < -0.39 is 0 Å². The molecule has 1 aliphatic rings. The molecule has 0 amide bonds. The van der Waals surface area contributed by atoms with E-state index in [1.54, 1.807) is 0 Å². The SMILES string of the molecule is NNC(Cc1ccc(I)cc1)C1CCCS1. The van der Waals surface area contributed by atoms with Crippen molar-refractivity contribution in [2.45, 2.75) is 30.6 Å². The molecule has 0 spiro atoms. The van der Waals surface area contributed by atoms with E-state index in [0.29, 0.717) is 11.3 Å². The Morgan fingerprint density at radius 1 is 1.44 bits per heavy atom. The zero-order chi connectivity index (χ0) is 11.4. The molecule has 1 saturated heterocycles. The molecule has 0 saturated carbocycles. The number of benzene rings is 1. The van der Waals surface area contributed by atoms with Gasteiger partial charge in [0.1, 0.15) is 0 Å². The van der Waals surface area contributed by atoms with E-state index in [1.165, 1.54) is 27.7 Å². The van der Waals surface area contributed by atoms with Gasteiger partial charge in [0, 0.05) is 14.9 Å². The maximum absolute atomic E-state index is 5.67. The summed E-state index contributed by atoms with van der Waals surface area (Å²) in [5.74, 6) is 6.95. The fraction of sp³-hybridized carbons (Fsp3) is 0.500. The average Bonchev–Trinajstić information content (AvgIpc) is 2.82. The van der Waals surface area contributed by atoms with Crippen molar-refractivity contribution in [3.8, 4) is 0 Å². The summed E-state index contributed by atoms with van der Waals surface area (Å²) in [6.07, 6.45) is 3.66. The van der Waals surface area contributed by atoms with Crippen LogP contribution in [0.25, 0.3) is 0 Å². The Morgan fingerprint density at radius 3 is 2.75 bits per heavy atom. The lowest BCUT2D eigenvalue weighted by Gasteiger charge is -2.21. The topological polar surface area (TPSA) is 38.0 Å². The molecule has 0 radical (unpaired) electrons. The normalized spacial score (nSPS) is 22.2. The predicted molar refractivity (Wildman–Crippen MR) is 79.5 cm³/mol. The molecule has 0 bridgehead atoms. The molecule has 3 N–H and O–H groups in total.